The predicted molar refractivity (Wildman–Crippen MR) is 80.9 cm³/mol. The minimum Gasteiger partial charge on any atom is -0.478 e. The van der Waals surface area contributed by atoms with Crippen LogP contribution < -0.4 is 5.32 Å². The van der Waals surface area contributed by atoms with Gasteiger partial charge in [0.15, 0.2) is 0 Å². The number of carbonyl (C=O) groups is 2. The van der Waals surface area contributed by atoms with Crippen molar-refractivity contribution >= 4 is 41.1 Å². The van der Waals surface area contributed by atoms with Crippen LogP contribution in [0, 0.1) is 0 Å². The zero-order valence-corrected chi connectivity index (χ0v) is 12.5. The zero-order valence-electron chi connectivity index (χ0n) is 10.9. The number of thioether (sulfide) groups is 1. The van der Waals surface area contributed by atoms with E-state index in [0.717, 1.165) is 11.5 Å². The number of halogens is 1. The zero-order chi connectivity index (χ0) is 14.7. The molecule has 5 nitrogen and oxygen atoms in total. The van der Waals surface area contributed by atoms with Crippen molar-refractivity contribution in [1.82, 2.24) is 4.90 Å². The number of benzene rings is 1. The van der Waals surface area contributed by atoms with Gasteiger partial charge >= 0.3 is 12.0 Å². The molecule has 1 aromatic carbocycles. The van der Waals surface area contributed by atoms with Crippen LogP contribution in [0.5, 0.6) is 0 Å². The van der Waals surface area contributed by atoms with E-state index in [1.54, 1.807) is 11.0 Å². The molecule has 0 saturated carbocycles. The molecule has 1 fully saturated rings. The van der Waals surface area contributed by atoms with Gasteiger partial charge < -0.3 is 15.3 Å². The average Bonchev–Trinajstić information content (AvgIpc) is 2.41. The van der Waals surface area contributed by atoms with Gasteiger partial charge in [0, 0.05) is 29.8 Å². The number of hydrogen-bond acceptors (Lipinski definition) is 3. The number of amides is 2. The Morgan fingerprint density at radius 2 is 2.25 bits per heavy atom. The topological polar surface area (TPSA) is 69.6 Å². The van der Waals surface area contributed by atoms with Crippen molar-refractivity contribution in [3.05, 3.63) is 28.8 Å². The van der Waals surface area contributed by atoms with Gasteiger partial charge in [-0.15, -0.1) is 0 Å². The van der Waals surface area contributed by atoms with E-state index in [1.165, 1.54) is 12.1 Å². The summed E-state index contributed by atoms with van der Waals surface area (Å²) in [5.41, 5.74) is 0.411. The lowest BCUT2D eigenvalue weighted by Crippen LogP contribution is -2.46. The summed E-state index contributed by atoms with van der Waals surface area (Å²) in [5.74, 6) is 0.710. The van der Waals surface area contributed by atoms with Crippen LogP contribution in [-0.4, -0.2) is 46.1 Å². The van der Waals surface area contributed by atoms with Crippen LogP contribution in [0.2, 0.25) is 5.02 Å². The lowest BCUT2D eigenvalue weighted by molar-refractivity contribution is 0.0697. The van der Waals surface area contributed by atoms with Gasteiger partial charge in [-0.3, -0.25) is 0 Å². The summed E-state index contributed by atoms with van der Waals surface area (Å²) < 4.78 is 0. The summed E-state index contributed by atoms with van der Waals surface area (Å²) in [5, 5.41) is 11.9. The van der Waals surface area contributed by atoms with E-state index in [0.29, 0.717) is 12.2 Å². The number of carboxylic acid groups (broad SMARTS) is 1. The van der Waals surface area contributed by atoms with E-state index in [9.17, 15) is 9.59 Å². The number of nitrogens with zero attached hydrogens (tertiary/aromatic N) is 1. The molecule has 2 rings (SSSR count). The summed E-state index contributed by atoms with van der Waals surface area (Å²) in [7, 11) is 0. The van der Waals surface area contributed by atoms with Gasteiger partial charge in [0.1, 0.15) is 0 Å². The summed E-state index contributed by atoms with van der Waals surface area (Å²) >= 11 is 7.61. The second kappa shape index (κ2) is 6.37. The molecule has 1 aliphatic rings. The maximum atomic E-state index is 12.2. The molecule has 2 N–H and O–H groups in total. The van der Waals surface area contributed by atoms with Gasteiger partial charge in [-0.25, -0.2) is 9.59 Å². The first kappa shape index (κ1) is 15.0. The third-order valence-electron chi connectivity index (χ3n) is 3.08. The van der Waals surface area contributed by atoms with Crippen LogP contribution in [0.3, 0.4) is 0 Å². The van der Waals surface area contributed by atoms with E-state index in [-0.39, 0.29) is 22.7 Å². The Balaban J connectivity index is 2.11. The second-order valence-electron chi connectivity index (χ2n) is 4.55. The van der Waals surface area contributed by atoms with Gasteiger partial charge in [-0.2, -0.15) is 11.8 Å². The highest BCUT2D eigenvalue weighted by molar-refractivity contribution is 7.99. The first-order valence-corrected chi connectivity index (χ1v) is 7.70. The standard InChI is InChI=1S/C13H15ClN2O3S/c1-8-7-20-5-4-16(8)13(19)15-9-2-3-11(14)10(6-9)12(17)18/h2-3,6,8H,4-5,7H2,1H3,(H,15,19)(H,17,18). The van der Waals surface area contributed by atoms with Crippen LogP contribution >= 0.6 is 23.4 Å². The minimum absolute atomic E-state index is 0.0216. The smallest absolute Gasteiger partial charge is 0.337 e. The summed E-state index contributed by atoms with van der Waals surface area (Å²) in [6, 6.07) is 4.38. The molecule has 0 spiro atoms. The fraction of sp³-hybridized carbons (Fsp3) is 0.385. The van der Waals surface area contributed by atoms with E-state index in [2.05, 4.69) is 5.32 Å². The van der Waals surface area contributed by atoms with Crippen LogP contribution in [-0.2, 0) is 0 Å². The van der Waals surface area contributed by atoms with E-state index >= 15 is 0 Å². The number of hydrogen-bond donors (Lipinski definition) is 2. The Labute approximate surface area is 126 Å². The quantitative estimate of drug-likeness (QED) is 0.880. The van der Waals surface area contributed by atoms with E-state index in [1.807, 2.05) is 18.7 Å². The van der Waals surface area contributed by atoms with Gasteiger partial charge in [-0.05, 0) is 25.1 Å². The molecular formula is C13H15ClN2O3S. The first-order valence-electron chi connectivity index (χ1n) is 6.17. The summed E-state index contributed by atoms with van der Waals surface area (Å²) in [4.78, 5) is 24.9. The van der Waals surface area contributed by atoms with Gasteiger partial charge in [0.2, 0.25) is 0 Å². The summed E-state index contributed by atoms with van der Waals surface area (Å²) in [6.45, 7) is 2.69. The highest BCUT2D eigenvalue weighted by Crippen LogP contribution is 2.22. The van der Waals surface area contributed by atoms with Crippen molar-refractivity contribution in [2.24, 2.45) is 0 Å². The number of aromatic carboxylic acids is 1. The van der Waals surface area contributed by atoms with Gasteiger partial charge in [-0.1, -0.05) is 11.6 Å². The molecule has 1 unspecified atom stereocenters. The van der Waals surface area contributed by atoms with Crippen molar-refractivity contribution in [2.45, 2.75) is 13.0 Å². The summed E-state index contributed by atoms with van der Waals surface area (Å²) in [6.07, 6.45) is 0. The number of carbonyl (C=O) groups excluding carboxylic acids is 1. The largest absolute Gasteiger partial charge is 0.478 e. The molecule has 1 heterocycles. The number of urea groups is 1. The molecule has 0 radical (unpaired) electrons. The van der Waals surface area contributed by atoms with Crippen molar-refractivity contribution in [2.75, 3.05) is 23.4 Å². The Morgan fingerprint density at radius 3 is 2.90 bits per heavy atom. The predicted octanol–water partition coefficient (Wildman–Crippen LogP) is 3.01. The van der Waals surface area contributed by atoms with Crippen molar-refractivity contribution < 1.29 is 14.7 Å². The maximum absolute atomic E-state index is 12.2. The minimum atomic E-state index is -1.12. The number of carboxylic acids is 1. The molecule has 1 aliphatic heterocycles. The van der Waals surface area contributed by atoms with Crippen LogP contribution in [0.1, 0.15) is 17.3 Å². The van der Waals surface area contributed by atoms with Crippen molar-refractivity contribution in [1.29, 1.82) is 0 Å². The molecule has 1 saturated heterocycles. The molecular weight excluding hydrogens is 300 g/mol. The monoisotopic (exact) mass is 314 g/mol. The molecule has 108 valence electrons. The normalized spacial score (nSPS) is 18.7. The molecule has 0 aromatic heterocycles. The molecule has 2 amide bonds. The van der Waals surface area contributed by atoms with Crippen LogP contribution in [0.4, 0.5) is 10.5 Å². The lowest BCUT2D eigenvalue weighted by Gasteiger charge is -2.33. The molecule has 1 aromatic rings. The third kappa shape index (κ3) is 3.37. The SMILES string of the molecule is CC1CSCCN1C(=O)Nc1ccc(Cl)c(C(=O)O)c1. The van der Waals surface area contributed by atoms with Gasteiger partial charge in [0.25, 0.3) is 0 Å². The Kier molecular flexibility index (Phi) is 4.77. The maximum Gasteiger partial charge on any atom is 0.337 e. The molecule has 0 aliphatic carbocycles. The van der Waals surface area contributed by atoms with Crippen molar-refractivity contribution in [3.8, 4) is 0 Å². The molecule has 20 heavy (non-hydrogen) atoms. The third-order valence-corrected chi connectivity index (χ3v) is 4.60. The fourth-order valence-electron chi connectivity index (χ4n) is 1.99. The Morgan fingerprint density at radius 1 is 1.50 bits per heavy atom. The number of anilines is 1. The molecule has 1 atom stereocenters. The average molecular weight is 315 g/mol. The fourth-order valence-corrected chi connectivity index (χ4v) is 3.20. The molecule has 7 heteroatoms. The van der Waals surface area contributed by atoms with Crippen LogP contribution in [0.25, 0.3) is 0 Å². The number of nitrogens with one attached hydrogen (secondary N) is 1. The Bertz CT molecular complexity index is 538. The highest BCUT2D eigenvalue weighted by Gasteiger charge is 2.23. The van der Waals surface area contributed by atoms with Crippen molar-refractivity contribution in [3.63, 3.8) is 0 Å². The highest BCUT2D eigenvalue weighted by atomic mass is 35.5. The lowest BCUT2D eigenvalue weighted by atomic mass is 10.2. The van der Waals surface area contributed by atoms with E-state index < -0.39 is 5.97 Å². The second-order valence-corrected chi connectivity index (χ2v) is 6.10. The van der Waals surface area contributed by atoms with Gasteiger partial charge in [0.05, 0.1) is 10.6 Å². The van der Waals surface area contributed by atoms with Crippen LogP contribution in [0.15, 0.2) is 18.2 Å². The molecule has 0 bridgehead atoms. The Hall–Kier alpha value is -1.40. The van der Waals surface area contributed by atoms with E-state index in [4.69, 9.17) is 16.7 Å². The first-order chi connectivity index (χ1) is 9.49. The number of rotatable bonds is 2.